The van der Waals surface area contributed by atoms with Gasteiger partial charge in [-0.3, -0.25) is 4.90 Å². The van der Waals surface area contributed by atoms with Crippen molar-refractivity contribution in [3.05, 3.63) is 108 Å². The first-order valence-corrected chi connectivity index (χ1v) is 13.1. The van der Waals surface area contributed by atoms with Crippen molar-refractivity contribution in [3.63, 3.8) is 0 Å². The fourth-order valence-electron chi connectivity index (χ4n) is 5.10. The number of benzene rings is 1. The second kappa shape index (κ2) is 10.7. The molecule has 4 heterocycles. The summed E-state index contributed by atoms with van der Waals surface area (Å²) >= 11 is 0. The van der Waals surface area contributed by atoms with Crippen molar-refractivity contribution < 1.29 is 9.47 Å². The molecule has 0 bridgehead atoms. The maximum atomic E-state index is 6.20. The Hall–Kier alpha value is -3.81. The van der Waals surface area contributed by atoms with Crippen LogP contribution in [-0.2, 0) is 16.0 Å². The largest absolute Gasteiger partial charge is 0.465 e. The minimum Gasteiger partial charge on any atom is -0.465 e. The van der Waals surface area contributed by atoms with Crippen molar-refractivity contribution in [2.75, 3.05) is 32.7 Å². The number of likely N-dealkylation sites (N-methyl/N-ethyl adjacent to an activating group) is 1. The Bertz CT molecular complexity index is 1340. The van der Waals surface area contributed by atoms with Gasteiger partial charge in [0.1, 0.15) is 18.3 Å². The topological polar surface area (TPSA) is 47.7 Å². The molecule has 0 unspecified atom stereocenters. The quantitative estimate of drug-likeness (QED) is 0.447. The fourth-order valence-corrected chi connectivity index (χ4v) is 5.10. The van der Waals surface area contributed by atoms with Gasteiger partial charge in [-0.1, -0.05) is 25.2 Å². The summed E-state index contributed by atoms with van der Waals surface area (Å²) in [5, 5.41) is 4.82. The van der Waals surface area contributed by atoms with Gasteiger partial charge in [-0.2, -0.15) is 5.10 Å². The Labute approximate surface area is 218 Å². The van der Waals surface area contributed by atoms with Crippen LogP contribution in [0.1, 0.15) is 30.9 Å². The fraction of sp³-hybridized carbons (Fsp3) is 0.300. The Morgan fingerprint density at radius 2 is 1.68 bits per heavy atom. The molecule has 1 fully saturated rings. The first kappa shape index (κ1) is 23.6. The predicted octanol–water partition coefficient (Wildman–Crippen LogP) is 5.26. The van der Waals surface area contributed by atoms with Crippen molar-refractivity contribution in [2.24, 2.45) is 0 Å². The van der Waals surface area contributed by atoms with Crippen LogP contribution >= 0.6 is 0 Å². The van der Waals surface area contributed by atoms with Gasteiger partial charge in [0.2, 0.25) is 0 Å². The van der Waals surface area contributed by atoms with Gasteiger partial charge >= 0.3 is 0 Å². The van der Waals surface area contributed by atoms with Gasteiger partial charge < -0.3 is 18.9 Å². The molecule has 1 aromatic carbocycles. The van der Waals surface area contributed by atoms with E-state index in [0.29, 0.717) is 5.76 Å². The number of allylic oxidation sites excluding steroid dienone is 4. The number of hydrogen-bond donors (Lipinski definition) is 0. The highest BCUT2D eigenvalue weighted by Gasteiger charge is 2.21. The van der Waals surface area contributed by atoms with E-state index >= 15 is 0 Å². The number of aromatic nitrogens is 3. The maximum Gasteiger partial charge on any atom is 0.169 e. The number of hydrogen-bond acceptors (Lipinski definition) is 5. The lowest BCUT2D eigenvalue weighted by Crippen LogP contribution is -2.45. The highest BCUT2D eigenvalue weighted by atomic mass is 16.5. The summed E-state index contributed by atoms with van der Waals surface area (Å²) in [6.45, 7) is 8.66. The third-order valence-electron chi connectivity index (χ3n) is 7.27. The summed E-state index contributed by atoms with van der Waals surface area (Å²) in [5.41, 5.74) is 4.34. The van der Waals surface area contributed by atoms with Gasteiger partial charge in [0.25, 0.3) is 0 Å². The van der Waals surface area contributed by atoms with Crippen LogP contribution in [0.2, 0.25) is 0 Å². The molecule has 0 atom stereocenters. The van der Waals surface area contributed by atoms with E-state index in [2.05, 4.69) is 88.3 Å². The zero-order valence-corrected chi connectivity index (χ0v) is 21.3. The lowest BCUT2D eigenvalue weighted by Gasteiger charge is -2.33. The molecule has 0 amide bonds. The van der Waals surface area contributed by atoms with Gasteiger partial charge in [0.15, 0.2) is 11.5 Å². The van der Waals surface area contributed by atoms with Crippen molar-refractivity contribution in [2.45, 2.75) is 26.3 Å². The third kappa shape index (κ3) is 5.05. The van der Waals surface area contributed by atoms with E-state index in [1.54, 1.807) is 12.5 Å². The van der Waals surface area contributed by atoms with Gasteiger partial charge in [-0.25, -0.2) is 4.68 Å². The number of ether oxygens (including phenoxy) is 2. The molecular weight excluding hydrogens is 462 g/mol. The number of piperazine rings is 1. The van der Waals surface area contributed by atoms with E-state index in [-0.39, 0.29) is 0 Å². The normalized spacial score (nSPS) is 18.6. The van der Waals surface area contributed by atoms with E-state index in [4.69, 9.17) is 14.6 Å². The summed E-state index contributed by atoms with van der Waals surface area (Å²) < 4.78 is 16.0. The van der Waals surface area contributed by atoms with Crippen LogP contribution in [0.15, 0.2) is 97.1 Å². The smallest absolute Gasteiger partial charge is 0.169 e. The summed E-state index contributed by atoms with van der Waals surface area (Å²) in [6, 6.07) is 12.4. The van der Waals surface area contributed by atoms with Crippen molar-refractivity contribution in [1.82, 2.24) is 24.1 Å². The van der Waals surface area contributed by atoms with E-state index in [1.807, 2.05) is 10.9 Å². The maximum absolute atomic E-state index is 6.20. The lowest BCUT2D eigenvalue weighted by molar-refractivity contribution is 0.132. The van der Waals surface area contributed by atoms with Crippen LogP contribution in [0.4, 0.5) is 0 Å². The van der Waals surface area contributed by atoms with Crippen LogP contribution in [0.5, 0.6) is 0 Å². The molecule has 37 heavy (non-hydrogen) atoms. The molecule has 3 aromatic rings. The number of nitrogens with zero attached hydrogens (tertiary/aromatic N) is 5. The number of rotatable bonds is 7. The van der Waals surface area contributed by atoms with Gasteiger partial charge in [0.05, 0.1) is 11.9 Å². The average Bonchev–Trinajstić information content (AvgIpc) is 3.64. The molecule has 1 aliphatic carbocycles. The van der Waals surface area contributed by atoms with Crippen molar-refractivity contribution in [1.29, 1.82) is 0 Å². The van der Waals surface area contributed by atoms with E-state index in [9.17, 15) is 0 Å². The highest BCUT2D eigenvalue weighted by molar-refractivity contribution is 5.63. The van der Waals surface area contributed by atoms with Gasteiger partial charge in [-0.05, 0) is 61.4 Å². The monoisotopic (exact) mass is 495 g/mol. The van der Waals surface area contributed by atoms with E-state index in [1.165, 1.54) is 5.56 Å². The Morgan fingerprint density at radius 1 is 0.919 bits per heavy atom. The van der Waals surface area contributed by atoms with Gasteiger partial charge in [-0.15, -0.1) is 0 Å². The predicted molar refractivity (Wildman–Crippen MR) is 145 cm³/mol. The van der Waals surface area contributed by atoms with Crippen molar-refractivity contribution >= 4 is 5.76 Å². The first-order valence-electron chi connectivity index (χ1n) is 13.1. The summed E-state index contributed by atoms with van der Waals surface area (Å²) in [6.07, 6.45) is 17.8. The van der Waals surface area contributed by atoms with Gasteiger partial charge in [0, 0.05) is 56.2 Å². The Balaban J connectivity index is 1.22. The summed E-state index contributed by atoms with van der Waals surface area (Å²) in [5.74, 6) is 2.56. The molecule has 6 rings (SSSR count). The Morgan fingerprint density at radius 3 is 2.41 bits per heavy atom. The zero-order valence-electron chi connectivity index (χ0n) is 21.3. The zero-order chi connectivity index (χ0) is 25.0. The molecule has 190 valence electrons. The molecule has 0 spiro atoms. The molecule has 1 saturated heterocycles. The molecule has 2 aliphatic heterocycles. The van der Waals surface area contributed by atoms with E-state index in [0.717, 1.165) is 80.5 Å². The molecule has 0 N–H and O–H groups in total. The van der Waals surface area contributed by atoms with Crippen LogP contribution in [0.25, 0.3) is 17.3 Å². The molecule has 7 heteroatoms. The highest BCUT2D eigenvalue weighted by Crippen LogP contribution is 2.31. The molecule has 2 aromatic heterocycles. The molecular formula is C30H33N5O2. The summed E-state index contributed by atoms with van der Waals surface area (Å²) in [7, 11) is 0. The minimum absolute atomic E-state index is 0.706. The van der Waals surface area contributed by atoms with Crippen molar-refractivity contribution in [3.8, 4) is 11.5 Å². The second-order valence-electron chi connectivity index (χ2n) is 9.61. The van der Waals surface area contributed by atoms with Crippen LogP contribution in [0, 0.1) is 0 Å². The van der Waals surface area contributed by atoms with Crippen LogP contribution in [0.3, 0.4) is 0 Å². The van der Waals surface area contributed by atoms with E-state index < -0.39 is 0 Å². The molecule has 3 aliphatic rings. The first-order chi connectivity index (χ1) is 18.3. The molecule has 0 radical (unpaired) electrons. The Kier molecular flexibility index (Phi) is 6.80. The average molecular weight is 496 g/mol. The second-order valence-corrected chi connectivity index (χ2v) is 9.61. The lowest BCUT2D eigenvalue weighted by atomic mass is 10.0. The standard InChI is InChI=1S/C30H33N5O2/c1-2-32-16-18-33(19-17-32)21-26-20-31-35(30(26)34-14-6-7-15-34)27-12-10-25(11-13-27)29-23-36-22-28(37-29)24-8-4-3-5-9-24/h3-4,6-8,10-15,20,22-23H,2,5,9,16-19,21H2,1H3. The molecule has 0 saturated carbocycles. The minimum atomic E-state index is 0.706. The third-order valence-corrected chi connectivity index (χ3v) is 7.27. The van der Waals surface area contributed by atoms with Crippen LogP contribution in [-0.4, -0.2) is 56.9 Å². The molecule has 7 nitrogen and oxygen atoms in total. The summed E-state index contributed by atoms with van der Waals surface area (Å²) in [4.78, 5) is 5.03. The SMILES string of the molecule is CCN1CCN(Cc2cnn(-c3ccc(C4=COC=C(C5=CC=CCC5)O4)cc3)c2-n2cccc2)CC1. The van der Waals surface area contributed by atoms with Crippen LogP contribution < -0.4 is 0 Å².